The highest BCUT2D eigenvalue weighted by Crippen LogP contribution is 2.35. The third-order valence-corrected chi connectivity index (χ3v) is 5.02. The molecule has 30 heavy (non-hydrogen) atoms. The summed E-state index contributed by atoms with van der Waals surface area (Å²) in [6.07, 6.45) is 1.43. The van der Waals surface area contributed by atoms with Crippen molar-refractivity contribution < 1.29 is 28.5 Å². The number of nitrogens with zero attached hydrogens (tertiary/aromatic N) is 4. The van der Waals surface area contributed by atoms with E-state index in [0.717, 1.165) is 0 Å². The fourth-order valence-electron chi connectivity index (χ4n) is 3.47. The molecule has 156 valence electrons. The number of benzene rings is 1. The van der Waals surface area contributed by atoms with Gasteiger partial charge in [-0.3, -0.25) is 19.7 Å². The molecule has 0 atom stereocenters. The Hall–Kier alpha value is -3.89. The van der Waals surface area contributed by atoms with Crippen molar-refractivity contribution in [3.05, 3.63) is 52.5 Å². The molecule has 0 aliphatic carbocycles. The van der Waals surface area contributed by atoms with Gasteiger partial charge in [-0.25, -0.2) is 4.79 Å². The number of nitro groups is 1. The standard InChI is InChI=1S/C19H18N4O7/c24-17(20-5-7-21(8-6-20)19(26)15-2-1-9-29-15)11-22-12-18(25)30-16-10-13(23(27)28)3-4-14(16)22/h1-4,9-10H,5-8,11-12H2. The number of piperazine rings is 1. The van der Waals surface area contributed by atoms with E-state index in [-0.39, 0.29) is 42.1 Å². The zero-order valence-corrected chi connectivity index (χ0v) is 15.9. The van der Waals surface area contributed by atoms with E-state index in [9.17, 15) is 24.5 Å². The highest BCUT2D eigenvalue weighted by molar-refractivity contribution is 5.92. The van der Waals surface area contributed by atoms with Crippen LogP contribution in [0.3, 0.4) is 0 Å². The molecule has 11 heteroatoms. The molecule has 11 nitrogen and oxygen atoms in total. The number of non-ortho nitro benzene ring substituents is 1. The van der Waals surface area contributed by atoms with E-state index in [2.05, 4.69) is 0 Å². The van der Waals surface area contributed by atoms with Gasteiger partial charge in [-0.1, -0.05) is 0 Å². The van der Waals surface area contributed by atoms with E-state index in [1.54, 1.807) is 21.9 Å². The zero-order chi connectivity index (χ0) is 21.3. The third-order valence-electron chi connectivity index (χ3n) is 5.02. The lowest BCUT2D eigenvalue weighted by Crippen LogP contribution is -2.53. The Kier molecular flexibility index (Phi) is 5.09. The van der Waals surface area contributed by atoms with Crippen molar-refractivity contribution in [3.8, 4) is 5.75 Å². The van der Waals surface area contributed by atoms with Gasteiger partial charge in [-0.15, -0.1) is 0 Å². The number of esters is 1. The average Bonchev–Trinajstić information content (AvgIpc) is 3.27. The number of anilines is 1. The first-order valence-electron chi connectivity index (χ1n) is 9.27. The first-order valence-corrected chi connectivity index (χ1v) is 9.27. The highest BCUT2D eigenvalue weighted by atomic mass is 16.6. The first-order chi connectivity index (χ1) is 14.4. The van der Waals surface area contributed by atoms with Crippen molar-refractivity contribution in [3.63, 3.8) is 0 Å². The molecule has 1 aromatic heterocycles. The van der Waals surface area contributed by atoms with Crippen LogP contribution in [0.2, 0.25) is 0 Å². The third kappa shape index (κ3) is 3.81. The number of ether oxygens (including phenoxy) is 1. The van der Waals surface area contributed by atoms with Crippen LogP contribution >= 0.6 is 0 Å². The number of amides is 2. The van der Waals surface area contributed by atoms with Gasteiger partial charge in [0.2, 0.25) is 5.91 Å². The maximum atomic E-state index is 12.8. The van der Waals surface area contributed by atoms with Crippen LogP contribution in [-0.4, -0.2) is 71.8 Å². The van der Waals surface area contributed by atoms with Gasteiger partial charge in [-0.2, -0.15) is 0 Å². The molecular formula is C19H18N4O7. The monoisotopic (exact) mass is 414 g/mol. The quantitative estimate of drug-likeness (QED) is 0.313. The van der Waals surface area contributed by atoms with Gasteiger partial charge >= 0.3 is 5.97 Å². The normalized spacial score (nSPS) is 16.1. The fourth-order valence-corrected chi connectivity index (χ4v) is 3.47. The Morgan fingerprint density at radius 2 is 1.83 bits per heavy atom. The minimum absolute atomic E-state index is 0.0575. The molecule has 2 aliphatic heterocycles. The summed E-state index contributed by atoms with van der Waals surface area (Å²) >= 11 is 0. The first kappa shape index (κ1) is 19.4. The largest absolute Gasteiger partial charge is 0.459 e. The van der Waals surface area contributed by atoms with Crippen molar-refractivity contribution in [2.24, 2.45) is 0 Å². The van der Waals surface area contributed by atoms with Gasteiger partial charge in [0, 0.05) is 32.2 Å². The molecule has 0 N–H and O–H groups in total. The van der Waals surface area contributed by atoms with Crippen LogP contribution < -0.4 is 9.64 Å². The molecule has 4 rings (SSSR count). The van der Waals surface area contributed by atoms with Gasteiger partial charge in [-0.05, 0) is 18.2 Å². The van der Waals surface area contributed by atoms with Crippen molar-refractivity contribution in [1.29, 1.82) is 0 Å². The maximum absolute atomic E-state index is 12.8. The van der Waals surface area contributed by atoms with Crippen LogP contribution in [0, 0.1) is 10.1 Å². The number of carbonyl (C=O) groups excluding carboxylic acids is 3. The molecule has 1 aromatic carbocycles. The van der Waals surface area contributed by atoms with Gasteiger partial charge in [0.1, 0.15) is 6.54 Å². The van der Waals surface area contributed by atoms with Crippen molar-refractivity contribution in [2.45, 2.75) is 0 Å². The minimum atomic E-state index is -0.593. The molecule has 2 aliphatic rings. The number of fused-ring (bicyclic) bond motifs is 1. The molecule has 2 aromatic rings. The van der Waals surface area contributed by atoms with E-state index in [4.69, 9.17) is 9.15 Å². The number of rotatable bonds is 4. The van der Waals surface area contributed by atoms with E-state index in [1.165, 1.54) is 29.4 Å². The Morgan fingerprint density at radius 3 is 2.50 bits per heavy atom. The van der Waals surface area contributed by atoms with E-state index >= 15 is 0 Å². The molecule has 2 amide bonds. The van der Waals surface area contributed by atoms with E-state index in [1.807, 2.05) is 0 Å². The molecule has 0 unspecified atom stereocenters. The van der Waals surface area contributed by atoms with Gasteiger partial charge in [0.25, 0.3) is 11.6 Å². The predicted octanol–water partition coefficient (Wildman–Crippen LogP) is 0.898. The second kappa shape index (κ2) is 7.85. The van der Waals surface area contributed by atoms with Crippen molar-refractivity contribution in [1.82, 2.24) is 9.80 Å². The summed E-state index contributed by atoms with van der Waals surface area (Å²) in [4.78, 5) is 52.1. The molecular weight excluding hydrogens is 396 g/mol. The van der Waals surface area contributed by atoms with Crippen LogP contribution in [-0.2, 0) is 9.59 Å². The highest BCUT2D eigenvalue weighted by Gasteiger charge is 2.31. The van der Waals surface area contributed by atoms with Crippen molar-refractivity contribution >= 4 is 29.2 Å². The minimum Gasteiger partial charge on any atom is -0.459 e. The van der Waals surface area contributed by atoms with Crippen LogP contribution in [0.5, 0.6) is 5.75 Å². The predicted molar refractivity (Wildman–Crippen MR) is 102 cm³/mol. The summed E-state index contributed by atoms with van der Waals surface area (Å²) < 4.78 is 10.2. The Balaban J connectivity index is 1.40. The second-order valence-corrected chi connectivity index (χ2v) is 6.89. The summed E-state index contributed by atoms with van der Waals surface area (Å²) in [5, 5.41) is 10.9. The number of hydrogen-bond acceptors (Lipinski definition) is 8. The molecule has 3 heterocycles. The average molecular weight is 414 g/mol. The van der Waals surface area contributed by atoms with Crippen LogP contribution in [0.4, 0.5) is 11.4 Å². The summed E-state index contributed by atoms with van der Waals surface area (Å²) in [5.74, 6) is -0.709. The lowest BCUT2D eigenvalue weighted by atomic mass is 10.2. The number of hydrogen-bond donors (Lipinski definition) is 0. The molecule has 1 fully saturated rings. The second-order valence-electron chi connectivity index (χ2n) is 6.89. The number of nitro benzene ring substituents is 1. The lowest BCUT2D eigenvalue weighted by Gasteiger charge is -2.36. The SMILES string of the molecule is O=C1CN(CC(=O)N2CCN(C(=O)c3ccco3)CC2)c2ccc([N+](=O)[O-])cc2O1. The van der Waals surface area contributed by atoms with Gasteiger partial charge in [0.05, 0.1) is 29.5 Å². The smallest absolute Gasteiger partial charge is 0.331 e. The van der Waals surface area contributed by atoms with Gasteiger partial charge in [0.15, 0.2) is 11.5 Å². The summed E-state index contributed by atoms with van der Waals surface area (Å²) in [6, 6.07) is 7.17. The Bertz CT molecular complexity index is 996. The molecule has 0 radical (unpaired) electrons. The Labute approximate surface area is 170 Å². The lowest BCUT2D eigenvalue weighted by molar-refractivity contribution is -0.384. The zero-order valence-electron chi connectivity index (χ0n) is 15.9. The maximum Gasteiger partial charge on any atom is 0.331 e. The Morgan fingerprint density at radius 1 is 1.10 bits per heavy atom. The molecule has 0 saturated carbocycles. The van der Waals surface area contributed by atoms with Gasteiger partial charge < -0.3 is 23.9 Å². The molecule has 1 saturated heterocycles. The van der Waals surface area contributed by atoms with E-state index in [0.29, 0.717) is 31.9 Å². The topological polar surface area (TPSA) is 126 Å². The van der Waals surface area contributed by atoms with Crippen LogP contribution in [0.25, 0.3) is 0 Å². The summed E-state index contributed by atoms with van der Waals surface area (Å²) in [7, 11) is 0. The number of carbonyl (C=O) groups is 3. The number of furan rings is 1. The fraction of sp³-hybridized carbons (Fsp3) is 0.316. The molecule has 0 spiro atoms. The summed E-state index contributed by atoms with van der Waals surface area (Å²) in [5.41, 5.74) is 0.243. The molecule has 0 bridgehead atoms. The van der Waals surface area contributed by atoms with Crippen LogP contribution in [0.15, 0.2) is 41.0 Å². The van der Waals surface area contributed by atoms with Crippen molar-refractivity contribution in [2.75, 3.05) is 44.2 Å². The van der Waals surface area contributed by atoms with Crippen LogP contribution in [0.1, 0.15) is 10.6 Å². The van der Waals surface area contributed by atoms with E-state index < -0.39 is 10.9 Å². The summed E-state index contributed by atoms with van der Waals surface area (Å²) in [6.45, 7) is 1.25.